The number of benzene rings is 2. The molecule has 5 heteroatoms. The van der Waals surface area contributed by atoms with E-state index in [0.717, 1.165) is 16.9 Å². The van der Waals surface area contributed by atoms with Crippen LogP contribution in [0, 0.1) is 0 Å². The highest BCUT2D eigenvalue weighted by atomic mass is 35.5. The number of nitrogens with zero attached hydrogens (tertiary/aromatic N) is 1. The summed E-state index contributed by atoms with van der Waals surface area (Å²) < 4.78 is 5.29. The first-order valence-corrected chi connectivity index (χ1v) is 8.69. The van der Waals surface area contributed by atoms with Gasteiger partial charge in [-0.3, -0.25) is 4.79 Å². The molecular formula is C20H25ClN2O2. The lowest BCUT2D eigenvalue weighted by atomic mass is 10.1. The molecule has 0 spiro atoms. The number of amides is 1. The van der Waals surface area contributed by atoms with E-state index >= 15 is 0 Å². The van der Waals surface area contributed by atoms with Crippen molar-refractivity contribution in [3.8, 4) is 5.75 Å². The number of hydrogen-bond donors (Lipinski definition) is 1. The Hall–Kier alpha value is -2.04. The zero-order chi connectivity index (χ0) is 18.2. The summed E-state index contributed by atoms with van der Waals surface area (Å²) in [6.45, 7) is 0.543. The van der Waals surface area contributed by atoms with Gasteiger partial charge in [0.1, 0.15) is 5.75 Å². The molecule has 0 radical (unpaired) electrons. The Morgan fingerprint density at radius 3 is 2.64 bits per heavy atom. The van der Waals surface area contributed by atoms with Crippen LogP contribution in [-0.2, 0) is 11.2 Å². The van der Waals surface area contributed by atoms with Gasteiger partial charge in [-0.25, -0.2) is 0 Å². The van der Waals surface area contributed by atoms with Gasteiger partial charge < -0.3 is 15.0 Å². The summed E-state index contributed by atoms with van der Waals surface area (Å²) in [6.07, 6.45) is 1.05. The largest absolute Gasteiger partial charge is 0.497 e. The smallest absolute Gasteiger partial charge is 0.220 e. The van der Waals surface area contributed by atoms with Crippen molar-refractivity contribution in [3.05, 3.63) is 64.7 Å². The van der Waals surface area contributed by atoms with E-state index in [0.29, 0.717) is 24.4 Å². The number of hydrogen-bond acceptors (Lipinski definition) is 3. The SMILES string of the molecule is COc1cccc([C@H](CNC(=O)CCc2ccccc2Cl)N(C)C)c1. The maximum atomic E-state index is 12.2. The lowest BCUT2D eigenvalue weighted by Gasteiger charge is -2.25. The van der Waals surface area contributed by atoms with Crippen molar-refractivity contribution >= 4 is 17.5 Å². The van der Waals surface area contributed by atoms with Crippen LogP contribution in [0.3, 0.4) is 0 Å². The van der Waals surface area contributed by atoms with Crippen LogP contribution in [0.1, 0.15) is 23.6 Å². The van der Waals surface area contributed by atoms with Gasteiger partial charge in [-0.05, 0) is 49.8 Å². The van der Waals surface area contributed by atoms with Crippen LogP contribution in [0.25, 0.3) is 0 Å². The maximum Gasteiger partial charge on any atom is 0.220 e. The van der Waals surface area contributed by atoms with E-state index < -0.39 is 0 Å². The van der Waals surface area contributed by atoms with E-state index in [1.165, 1.54) is 0 Å². The molecule has 1 N–H and O–H groups in total. The number of nitrogens with one attached hydrogen (secondary N) is 1. The van der Waals surface area contributed by atoms with Gasteiger partial charge in [0.25, 0.3) is 0 Å². The van der Waals surface area contributed by atoms with Crippen LogP contribution in [0.4, 0.5) is 0 Å². The standard InChI is InChI=1S/C20H25ClN2O2/c1-23(2)19(16-8-6-9-17(13-16)25-3)14-22-20(24)12-11-15-7-4-5-10-18(15)21/h4-10,13,19H,11-12,14H2,1-3H3,(H,22,24)/t19-/m0/s1. The second-order valence-electron chi connectivity index (χ2n) is 6.15. The molecule has 0 heterocycles. The molecule has 25 heavy (non-hydrogen) atoms. The van der Waals surface area contributed by atoms with E-state index in [1.807, 2.05) is 62.6 Å². The molecule has 134 valence electrons. The molecule has 0 aliphatic carbocycles. The summed E-state index contributed by atoms with van der Waals surface area (Å²) >= 11 is 6.14. The summed E-state index contributed by atoms with van der Waals surface area (Å²) in [7, 11) is 5.65. The highest BCUT2D eigenvalue weighted by molar-refractivity contribution is 6.31. The topological polar surface area (TPSA) is 41.6 Å². The molecule has 2 aromatic rings. The Morgan fingerprint density at radius 1 is 1.20 bits per heavy atom. The van der Waals surface area contributed by atoms with Gasteiger partial charge in [-0.2, -0.15) is 0 Å². The Balaban J connectivity index is 1.92. The lowest BCUT2D eigenvalue weighted by molar-refractivity contribution is -0.121. The molecule has 0 saturated heterocycles. The van der Waals surface area contributed by atoms with Crippen molar-refractivity contribution in [2.45, 2.75) is 18.9 Å². The molecule has 0 aliphatic heterocycles. The zero-order valence-corrected chi connectivity index (χ0v) is 15.7. The molecule has 1 amide bonds. The van der Waals surface area contributed by atoms with Crippen LogP contribution < -0.4 is 10.1 Å². The third kappa shape index (κ3) is 5.76. The van der Waals surface area contributed by atoms with Gasteiger partial charge >= 0.3 is 0 Å². The first-order chi connectivity index (χ1) is 12.0. The number of aryl methyl sites for hydroxylation is 1. The van der Waals surface area contributed by atoms with Crippen LogP contribution in [-0.4, -0.2) is 38.6 Å². The second-order valence-corrected chi connectivity index (χ2v) is 6.56. The Labute approximate surface area is 154 Å². The van der Waals surface area contributed by atoms with Gasteiger partial charge in [0.05, 0.1) is 13.2 Å². The number of rotatable bonds is 8. The monoisotopic (exact) mass is 360 g/mol. The quantitative estimate of drug-likeness (QED) is 0.780. The van der Waals surface area contributed by atoms with Gasteiger partial charge in [-0.15, -0.1) is 0 Å². The first-order valence-electron chi connectivity index (χ1n) is 8.31. The molecule has 0 aromatic heterocycles. The third-order valence-electron chi connectivity index (χ3n) is 4.17. The fourth-order valence-electron chi connectivity index (χ4n) is 2.70. The van der Waals surface area contributed by atoms with E-state index in [1.54, 1.807) is 7.11 Å². The number of ether oxygens (including phenoxy) is 1. The van der Waals surface area contributed by atoms with Crippen LogP contribution >= 0.6 is 11.6 Å². The number of carbonyl (C=O) groups excluding carboxylic acids is 1. The molecular weight excluding hydrogens is 336 g/mol. The summed E-state index contributed by atoms with van der Waals surface area (Å²) in [5.41, 5.74) is 2.10. The highest BCUT2D eigenvalue weighted by Crippen LogP contribution is 2.22. The van der Waals surface area contributed by atoms with Crippen molar-refractivity contribution < 1.29 is 9.53 Å². The fourth-order valence-corrected chi connectivity index (χ4v) is 2.93. The number of carbonyl (C=O) groups is 1. The Bertz CT molecular complexity index is 704. The fraction of sp³-hybridized carbons (Fsp3) is 0.350. The van der Waals surface area contributed by atoms with E-state index in [9.17, 15) is 4.79 Å². The van der Waals surface area contributed by atoms with Crippen molar-refractivity contribution in [3.63, 3.8) is 0 Å². The zero-order valence-electron chi connectivity index (χ0n) is 15.0. The molecule has 1 atom stereocenters. The lowest BCUT2D eigenvalue weighted by Crippen LogP contribution is -2.34. The Kier molecular flexibility index (Phi) is 7.29. The number of halogens is 1. The Morgan fingerprint density at radius 2 is 1.96 bits per heavy atom. The molecule has 0 aliphatic rings. The van der Waals surface area contributed by atoms with Crippen molar-refractivity contribution in [1.29, 1.82) is 0 Å². The molecule has 0 bridgehead atoms. The van der Waals surface area contributed by atoms with Crippen molar-refractivity contribution in [1.82, 2.24) is 10.2 Å². The minimum absolute atomic E-state index is 0.0228. The van der Waals surface area contributed by atoms with Crippen LogP contribution in [0.2, 0.25) is 5.02 Å². The maximum absolute atomic E-state index is 12.2. The van der Waals surface area contributed by atoms with Crippen LogP contribution in [0.15, 0.2) is 48.5 Å². The molecule has 2 rings (SSSR count). The van der Waals surface area contributed by atoms with Gasteiger partial charge in [0, 0.05) is 18.0 Å². The normalized spacial score (nSPS) is 12.0. The predicted octanol–water partition coefficient (Wildman–Crippen LogP) is 3.70. The molecule has 0 unspecified atom stereocenters. The van der Waals surface area contributed by atoms with E-state index in [-0.39, 0.29) is 11.9 Å². The number of methoxy groups -OCH3 is 1. The minimum atomic E-state index is 0.0228. The average Bonchev–Trinajstić information content (AvgIpc) is 2.61. The second kappa shape index (κ2) is 9.44. The molecule has 0 fully saturated rings. The van der Waals surface area contributed by atoms with E-state index in [2.05, 4.69) is 10.2 Å². The van der Waals surface area contributed by atoms with Crippen molar-refractivity contribution in [2.75, 3.05) is 27.7 Å². The van der Waals surface area contributed by atoms with Gasteiger partial charge in [-0.1, -0.05) is 41.9 Å². The minimum Gasteiger partial charge on any atom is -0.497 e. The summed E-state index contributed by atoms with van der Waals surface area (Å²) in [4.78, 5) is 14.3. The summed E-state index contributed by atoms with van der Waals surface area (Å²) in [5, 5.41) is 3.73. The average molecular weight is 361 g/mol. The first kappa shape index (κ1) is 19.3. The summed E-state index contributed by atoms with van der Waals surface area (Å²) in [5.74, 6) is 0.837. The van der Waals surface area contributed by atoms with E-state index in [4.69, 9.17) is 16.3 Å². The summed E-state index contributed by atoms with van der Waals surface area (Å²) in [6, 6.07) is 15.6. The predicted molar refractivity (Wildman–Crippen MR) is 102 cm³/mol. The molecule has 2 aromatic carbocycles. The van der Waals surface area contributed by atoms with Gasteiger partial charge in [0.2, 0.25) is 5.91 Å². The van der Waals surface area contributed by atoms with Gasteiger partial charge in [0.15, 0.2) is 0 Å². The molecule has 0 saturated carbocycles. The van der Waals surface area contributed by atoms with Crippen molar-refractivity contribution in [2.24, 2.45) is 0 Å². The molecule has 4 nitrogen and oxygen atoms in total. The highest BCUT2D eigenvalue weighted by Gasteiger charge is 2.16. The number of likely N-dealkylation sites (N-methyl/N-ethyl adjacent to an activating group) is 1. The third-order valence-corrected chi connectivity index (χ3v) is 4.54. The van der Waals surface area contributed by atoms with Crippen LogP contribution in [0.5, 0.6) is 5.75 Å².